The fourth-order valence-corrected chi connectivity index (χ4v) is 1.70. The van der Waals surface area contributed by atoms with E-state index in [-0.39, 0.29) is 6.04 Å². The lowest BCUT2D eigenvalue weighted by Crippen LogP contribution is -2.30. The number of rotatable bonds is 6. The molecule has 0 bridgehead atoms. The van der Waals surface area contributed by atoms with Crippen molar-refractivity contribution in [2.24, 2.45) is 0 Å². The molecule has 0 saturated heterocycles. The average molecular weight is 225 g/mol. The van der Waals surface area contributed by atoms with Crippen LogP contribution in [-0.4, -0.2) is 12.6 Å². The van der Waals surface area contributed by atoms with Crippen molar-refractivity contribution < 1.29 is 8.78 Å². The first kappa shape index (κ1) is 12.8. The number of hydrogen-bond donors (Lipinski definition) is 1. The molecule has 0 heterocycles. The lowest BCUT2D eigenvalue weighted by Gasteiger charge is -2.16. The van der Waals surface area contributed by atoms with E-state index in [9.17, 15) is 8.78 Å². The van der Waals surface area contributed by atoms with Crippen molar-refractivity contribution in [3.05, 3.63) is 48.1 Å². The third-order valence-electron chi connectivity index (χ3n) is 2.44. The Morgan fingerprint density at radius 3 is 2.81 bits per heavy atom. The monoisotopic (exact) mass is 225 g/mol. The third-order valence-corrected chi connectivity index (χ3v) is 2.44. The molecule has 1 aromatic rings. The van der Waals surface area contributed by atoms with Gasteiger partial charge in [0.25, 0.3) is 0 Å². The highest BCUT2D eigenvalue weighted by Crippen LogP contribution is 2.14. The highest BCUT2D eigenvalue weighted by molar-refractivity contribution is 5.20. The van der Waals surface area contributed by atoms with Crippen molar-refractivity contribution in [2.75, 3.05) is 6.54 Å². The minimum atomic E-state index is -0.786. The predicted molar refractivity (Wildman–Crippen MR) is 62.3 cm³/mol. The molecule has 1 aromatic carbocycles. The summed E-state index contributed by atoms with van der Waals surface area (Å²) in [5, 5.41) is 3.22. The van der Waals surface area contributed by atoms with E-state index in [1.807, 2.05) is 6.92 Å². The van der Waals surface area contributed by atoms with Gasteiger partial charge in [-0.15, -0.1) is 6.58 Å². The molecular formula is C13H17F2N. The number of halogens is 2. The summed E-state index contributed by atoms with van der Waals surface area (Å²) in [7, 11) is 0. The Morgan fingerprint density at radius 2 is 2.19 bits per heavy atom. The molecule has 1 unspecified atom stereocenters. The van der Waals surface area contributed by atoms with Gasteiger partial charge in [0.2, 0.25) is 0 Å². The zero-order valence-corrected chi connectivity index (χ0v) is 9.47. The minimum Gasteiger partial charge on any atom is -0.314 e. The summed E-state index contributed by atoms with van der Waals surface area (Å²) < 4.78 is 26.4. The first-order chi connectivity index (χ1) is 7.69. The van der Waals surface area contributed by atoms with Crippen LogP contribution in [0.4, 0.5) is 8.78 Å². The van der Waals surface area contributed by atoms with E-state index >= 15 is 0 Å². The van der Waals surface area contributed by atoms with E-state index < -0.39 is 11.6 Å². The van der Waals surface area contributed by atoms with Gasteiger partial charge in [0.15, 0.2) is 11.6 Å². The highest BCUT2D eigenvalue weighted by atomic mass is 19.2. The molecule has 0 fully saturated rings. The maximum atomic E-state index is 13.4. The Balaban J connectivity index is 2.76. The summed E-state index contributed by atoms with van der Waals surface area (Å²) in [6, 6.07) is 4.39. The molecule has 0 aliphatic heterocycles. The molecule has 3 heteroatoms. The van der Waals surface area contributed by atoms with E-state index in [2.05, 4.69) is 11.9 Å². The smallest absolute Gasteiger partial charge is 0.162 e. The van der Waals surface area contributed by atoms with Gasteiger partial charge in [-0.2, -0.15) is 0 Å². The van der Waals surface area contributed by atoms with Gasteiger partial charge in [0.05, 0.1) is 0 Å². The largest absolute Gasteiger partial charge is 0.314 e. The maximum absolute atomic E-state index is 13.4. The predicted octanol–water partition coefficient (Wildman–Crippen LogP) is 3.06. The van der Waals surface area contributed by atoms with E-state index in [1.165, 1.54) is 6.07 Å². The van der Waals surface area contributed by atoms with Gasteiger partial charge in [-0.1, -0.05) is 25.1 Å². The summed E-state index contributed by atoms with van der Waals surface area (Å²) in [5.74, 6) is -1.53. The lowest BCUT2D eigenvalue weighted by molar-refractivity contribution is 0.476. The second-order valence-corrected chi connectivity index (χ2v) is 3.70. The fraction of sp³-hybridized carbons (Fsp3) is 0.385. The summed E-state index contributed by atoms with van der Waals surface area (Å²) >= 11 is 0. The molecule has 1 atom stereocenters. The molecule has 0 saturated carbocycles. The lowest BCUT2D eigenvalue weighted by atomic mass is 10.0. The van der Waals surface area contributed by atoms with Gasteiger partial charge in [-0.25, -0.2) is 8.78 Å². The van der Waals surface area contributed by atoms with Gasteiger partial charge in [0.1, 0.15) is 0 Å². The molecule has 1 nitrogen and oxygen atoms in total. The zero-order chi connectivity index (χ0) is 12.0. The van der Waals surface area contributed by atoms with Gasteiger partial charge in [-0.05, 0) is 31.0 Å². The summed E-state index contributed by atoms with van der Waals surface area (Å²) in [5.41, 5.74) is 0.410. The maximum Gasteiger partial charge on any atom is 0.162 e. The topological polar surface area (TPSA) is 12.0 Å². The molecule has 16 heavy (non-hydrogen) atoms. The van der Waals surface area contributed by atoms with Gasteiger partial charge >= 0.3 is 0 Å². The van der Waals surface area contributed by atoms with E-state index in [0.29, 0.717) is 12.0 Å². The molecule has 0 aliphatic carbocycles. The van der Waals surface area contributed by atoms with Crippen LogP contribution >= 0.6 is 0 Å². The molecule has 0 radical (unpaired) electrons. The zero-order valence-electron chi connectivity index (χ0n) is 9.47. The Hall–Kier alpha value is -1.22. The molecular weight excluding hydrogens is 208 g/mol. The molecule has 0 amide bonds. The van der Waals surface area contributed by atoms with E-state index in [4.69, 9.17) is 0 Å². The van der Waals surface area contributed by atoms with Crippen LogP contribution in [-0.2, 0) is 6.42 Å². The van der Waals surface area contributed by atoms with Crippen molar-refractivity contribution in [3.63, 3.8) is 0 Å². The molecule has 0 aliphatic rings. The van der Waals surface area contributed by atoms with Gasteiger partial charge in [-0.3, -0.25) is 0 Å². The number of hydrogen-bond acceptors (Lipinski definition) is 1. The van der Waals surface area contributed by atoms with Crippen molar-refractivity contribution in [2.45, 2.75) is 25.8 Å². The van der Waals surface area contributed by atoms with Crippen LogP contribution in [0.15, 0.2) is 30.9 Å². The minimum absolute atomic E-state index is 0.110. The molecule has 1 rings (SSSR count). The molecule has 1 N–H and O–H groups in total. The molecule has 0 aromatic heterocycles. The Morgan fingerprint density at radius 1 is 1.44 bits per heavy atom. The third kappa shape index (κ3) is 3.42. The standard InChI is InChI=1S/C13H17F2N/c1-3-6-11(16-4-2)9-10-7-5-8-12(14)13(10)15/h3,5,7-8,11,16H,1,4,6,9H2,2H3. The van der Waals surface area contributed by atoms with Crippen LogP contribution in [0.3, 0.4) is 0 Å². The average Bonchev–Trinajstić information content (AvgIpc) is 2.25. The number of likely N-dealkylation sites (N-methyl/N-ethyl adjacent to an activating group) is 1. The first-order valence-electron chi connectivity index (χ1n) is 5.46. The molecule has 0 spiro atoms. The summed E-state index contributed by atoms with van der Waals surface area (Å²) in [4.78, 5) is 0. The normalized spacial score (nSPS) is 12.4. The Labute approximate surface area is 95.2 Å². The van der Waals surface area contributed by atoms with Crippen LogP contribution in [0, 0.1) is 11.6 Å². The fourth-order valence-electron chi connectivity index (χ4n) is 1.70. The summed E-state index contributed by atoms with van der Waals surface area (Å²) in [6.45, 7) is 6.44. The van der Waals surface area contributed by atoms with Crippen molar-refractivity contribution in [1.82, 2.24) is 5.32 Å². The van der Waals surface area contributed by atoms with Crippen LogP contribution in [0.25, 0.3) is 0 Å². The van der Waals surface area contributed by atoms with E-state index in [0.717, 1.165) is 19.0 Å². The van der Waals surface area contributed by atoms with Crippen LogP contribution in [0.1, 0.15) is 18.9 Å². The van der Waals surface area contributed by atoms with Crippen molar-refractivity contribution in [1.29, 1.82) is 0 Å². The SMILES string of the molecule is C=CCC(Cc1cccc(F)c1F)NCC. The van der Waals surface area contributed by atoms with Gasteiger partial charge in [0, 0.05) is 6.04 Å². The number of nitrogens with one attached hydrogen (secondary N) is 1. The quantitative estimate of drug-likeness (QED) is 0.734. The Kier molecular flexibility index (Phi) is 5.12. The van der Waals surface area contributed by atoms with E-state index in [1.54, 1.807) is 12.1 Å². The van der Waals surface area contributed by atoms with Crippen molar-refractivity contribution >= 4 is 0 Å². The van der Waals surface area contributed by atoms with Crippen LogP contribution < -0.4 is 5.32 Å². The highest BCUT2D eigenvalue weighted by Gasteiger charge is 2.12. The van der Waals surface area contributed by atoms with Crippen LogP contribution in [0.2, 0.25) is 0 Å². The molecule has 88 valence electrons. The second kappa shape index (κ2) is 6.38. The first-order valence-corrected chi connectivity index (χ1v) is 5.46. The van der Waals surface area contributed by atoms with Gasteiger partial charge < -0.3 is 5.32 Å². The van der Waals surface area contributed by atoms with Crippen molar-refractivity contribution in [3.8, 4) is 0 Å². The Bertz CT molecular complexity index is 350. The second-order valence-electron chi connectivity index (χ2n) is 3.70. The van der Waals surface area contributed by atoms with Crippen LogP contribution in [0.5, 0.6) is 0 Å². The number of benzene rings is 1. The summed E-state index contributed by atoms with van der Waals surface area (Å²) in [6.07, 6.45) is 3.00.